The number of methoxy groups -OCH3 is 1. The number of ether oxygens (including phenoxy) is 1. The van der Waals surface area contributed by atoms with E-state index in [-0.39, 0.29) is 11.7 Å². The third-order valence-electron chi connectivity index (χ3n) is 4.30. The van der Waals surface area contributed by atoms with Crippen molar-refractivity contribution in [3.63, 3.8) is 0 Å². The molecule has 0 saturated heterocycles. The highest BCUT2D eigenvalue weighted by Crippen LogP contribution is 2.41. The van der Waals surface area contributed by atoms with Crippen molar-refractivity contribution in [2.24, 2.45) is 0 Å². The fourth-order valence-electron chi connectivity index (χ4n) is 2.94. The summed E-state index contributed by atoms with van der Waals surface area (Å²) < 4.78 is 5.49. The average molecular weight is 286 g/mol. The second-order valence-corrected chi connectivity index (χ2v) is 5.57. The molecule has 2 aromatic carbocycles. The third-order valence-corrected chi connectivity index (χ3v) is 4.30. The molecule has 0 aliphatic carbocycles. The molecule has 112 valence electrons. The highest BCUT2D eigenvalue weighted by atomic mass is 16.5. The van der Waals surface area contributed by atoms with Crippen LogP contribution in [-0.2, 0) is 4.79 Å². The molecule has 2 rings (SSSR count). The molecule has 0 aliphatic heterocycles. The van der Waals surface area contributed by atoms with Crippen LogP contribution in [0.15, 0.2) is 36.4 Å². The molecule has 1 N–H and O–H groups in total. The van der Waals surface area contributed by atoms with Crippen LogP contribution in [-0.4, -0.2) is 23.6 Å². The lowest BCUT2D eigenvalue weighted by atomic mass is 9.77. The first-order valence-corrected chi connectivity index (χ1v) is 7.22. The van der Waals surface area contributed by atoms with E-state index in [9.17, 15) is 9.90 Å². The minimum absolute atomic E-state index is 0.232. The van der Waals surface area contributed by atoms with Gasteiger partial charge < -0.3 is 9.84 Å². The van der Waals surface area contributed by atoms with E-state index in [1.165, 1.54) is 6.92 Å². The van der Waals surface area contributed by atoms with Gasteiger partial charge in [-0.3, -0.25) is 4.79 Å². The van der Waals surface area contributed by atoms with Gasteiger partial charge in [0.05, 0.1) is 7.11 Å². The van der Waals surface area contributed by atoms with Gasteiger partial charge in [0.2, 0.25) is 0 Å². The first-order valence-electron chi connectivity index (χ1n) is 7.22. The lowest BCUT2D eigenvalue weighted by Gasteiger charge is -2.32. The summed E-state index contributed by atoms with van der Waals surface area (Å²) in [4.78, 5) is 11.9. The predicted molar refractivity (Wildman–Crippen MR) is 84.8 cm³/mol. The van der Waals surface area contributed by atoms with Gasteiger partial charge in [0.1, 0.15) is 11.4 Å². The van der Waals surface area contributed by atoms with Gasteiger partial charge >= 0.3 is 0 Å². The Bertz CT molecular complexity index is 659. The number of hydrogen-bond acceptors (Lipinski definition) is 3. The summed E-state index contributed by atoms with van der Waals surface area (Å²) in [5, 5.41) is 12.8. The Morgan fingerprint density at radius 1 is 1.29 bits per heavy atom. The highest BCUT2D eigenvalue weighted by molar-refractivity contribution is 5.91. The normalized spacial score (nSPS) is 15.5. The molecule has 21 heavy (non-hydrogen) atoms. The van der Waals surface area contributed by atoms with Crippen molar-refractivity contribution in [1.82, 2.24) is 0 Å². The van der Waals surface area contributed by atoms with Crippen LogP contribution in [0.1, 0.15) is 38.7 Å². The molecule has 0 aliphatic rings. The predicted octanol–water partition coefficient (Wildman–Crippen LogP) is 3.68. The fourth-order valence-corrected chi connectivity index (χ4v) is 2.94. The van der Waals surface area contributed by atoms with Crippen molar-refractivity contribution in [2.75, 3.05) is 7.11 Å². The molecule has 0 saturated carbocycles. The summed E-state index contributed by atoms with van der Waals surface area (Å²) in [6.45, 7) is 4.99. The van der Waals surface area contributed by atoms with Gasteiger partial charge in [-0.05, 0) is 37.1 Å². The first kappa shape index (κ1) is 15.5. The van der Waals surface area contributed by atoms with E-state index >= 15 is 0 Å². The van der Waals surface area contributed by atoms with Crippen molar-refractivity contribution in [2.45, 2.75) is 38.7 Å². The molecular weight excluding hydrogens is 264 g/mol. The molecule has 2 unspecified atom stereocenters. The van der Waals surface area contributed by atoms with Crippen LogP contribution < -0.4 is 4.74 Å². The van der Waals surface area contributed by atoms with Crippen LogP contribution in [0.2, 0.25) is 0 Å². The van der Waals surface area contributed by atoms with E-state index in [1.54, 1.807) is 14.0 Å². The summed E-state index contributed by atoms with van der Waals surface area (Å²) in [7, 11) is 1.61. The minimum Gasteiger partial charge on any atom is -0.496 e. The number of carbonyl (C=O) groups excluding carboxylic acids is 1. The van der Waals surface area contributed by atoms with Crippen molar-refractivity contribution >= 4 is 16.6 Å². The molecule has 2 aromatic rings. The summed E-state index contributed by atoms with van der Waals surface area (Å²) in [6, 6.07) is 11.9. The van der Waals surface area contributed by atoms with Crippen LogP contribution >= 0.6 is 0 Å². The van der Waals surface area contributed by atoms with Crippen molar-refractivity contribution in [3.05, 3.63) is 42.0 Å². The van der Waals surface area contributed by atoms with Gasteiger partial charge in [0.15, 0.2) is 5.78 Å². The molecule has 0 spiro atoms. The van der Waals surface area contributed by atoms with Crippen LogP contribution in [0.3, 0.4) is 0 Å². The Hall–Kier alpha value is -1.87. The lowest BCUT2D eigenvalue weighted by molar-refractivity contribution is -0.135. The van der Waals surface area contributed by atoms with Crippen molar-refractivity contribution in [3.8, 4) is 5.75 Å². The van der Waals surface area contributed by atoms with Crippen molar-refractivity contribution in [1.29, 1.82) is 0 Å². The largest absolute Gasteiger partial charge is 0.496 e. The van der Waals surface area contributed by atoms with Crippen LogP contribution in [0.25, 0.3) is 10.8 Å². The zero-order valence-electron chi connectivity index (χ0n) is 13.0. The standard InChI is InChI=1S/C18H22O3/c1-5-15(18(3,20)12(2)19)17-14-9-7-6-8-13(14)10-11-16(17)21-4/h6-11,15,20H,5H2,1-4H3. The molecule has 2 atom stereocenters. The van der Waals surface area contributed by atoms with Crippen LogP contribution in [0.4, 0.5) is 0 Å². The second-order valence-electron chi connectivity index (χ2n) is 5.57. The molecule has 0 bridgehead atoms. The molecule has 0 aromatic heterocycles. The Morgan fingerprint density at radius 2 is 1.95 bits per heavy atom. The number of hydrogen-bond donors (Lipinski definition) is 1. The zero-order valence-corrected chi connectivity index (χ0v) is 13.0. The third kappa shape index (κ3) is 2.66. The number of aliphatic hydroxyl groups is 1. The van der Waals surface area contributed by atoms with Gasteiger partial charge in [0.25, 0.3) is 0 Å². The van der Waals surface area contributed by atoms with Gasteiger partial charge in [0, 0.05) is 11.5 Å². The van der Waals surface area contributed by atoms with E-state index in [0.29, 0.717) is 12.2 Å². The number of fused-ring (bicyclic) bond motifs is 1. The number of benzene rings is 2. The average Bonchev–Trinajstić information content (AvgIpc) is 2.47. The van der Waals surface area contributed by atoms with Gasteiger partial charge in [-0.1, -0.05) is 37.3 Å². The summed E-state index contributed by atoms with van der Waals surface area (Å²) in [5.74, 6) is 0.169. The SMILES string of the molecule is CCC(c1c(OC)ccc2ccccc12)C(C)(O)C(C)=O. The Labute approximate surface area is 125 Å². The maximum absolute atomic E-state index is 11.9. The minimum atomic E-state index is -1.41. The molecule has 0 radical (unpaired) electrons. The summed E-state index contributed by atoms with van der Waals surface area (Å²) >= 11 is 0. The quantitative estimate of drug-likeness (QED) is 0.912. The number of ketones is 1. The van der Waals surface area contributed by atoms with Gasteiger partial charge in [-0.15, -0.1) is 0 Å². The molecule has 0 amide bonds. The molecule has 3 heteroatoms. The van der Waals surface area contributed by atoms with E-state index in [0.717, 1.165) is 16.3 Å². The van der Waals surface area contributed by atoms with E-state index < -0.39 is 5.60 Å². The van der Waals surface area contributed by atoms with Crippen LogP contribution in [0, 0.1) is 0 Å². The molecule has 0 heterocycles. The molecule has 0 fully saturated rings. The smallest absolute Gasteiger partial charge is 0.161 e. The van der Waals surface area contributed by atoms with E-state index in [4.69, 9.17) is 4.74 Å². The zero-order chi connectivity index (χ0) is 15.6. The molecule has 3 nitrogen and oxygen atoms in total. The summed E-state index contributed by atoms with van der Waals surface area (Å²) in [5.41, 5.74) is -0.509. The van der Waals surface area contributed by atoms with Gasteiger partial charge in [-0.25, -0.2) is 0 Å². The van der Waals surface area contributed by atoms with Gasteiger partial charge in [-0.2, -0.15) is 0 Å². The second kappa shape index (κ2) is 5.86. The Morgan fingerprint density at radius 3 is 2.52 bits per heavy atom. The van der Waals surface area contributed by atoms with Crippen LogP contribution in [0.5, 0.6) is 5.75 Å². The topological polar surface area (TPSA) is 46.5 Å². The lowest BCUT2D eigenvalue weighted by Crippen LogP contribution is -2.40. The Balaban J connectivity index is 2.75. The first-order chi connectivity index (χ1) is 9.93. The maximum atomic E-state index is 11.9. The van der Waals surface area contributed by atoms with E-state index in [2.05, 4.69) is 0 Å². The summed E-state index contributed by atoms with van der Waals surface area (Å²) in [6.07, 6.45) is 0.650. The number of carbonyl (C=O) groups is 1. The highest BCUT2D eigenvalue weighted by Gasteiger charge is 2.38. The number of Topliss-reactive ketones (excluding diaryl/α,β-unsaturated/α-hetero) is 1. The Kier molecular flexibility index (Phi) is 4.33. The van der Waals surface area contributed by atoms with E-state index in [1.807, 2.05) is 43.3 Å². The fraction of sp³-hybridized carbons (Fsp3) is 0.389. The van der Waals surface area contributed by atoms with Crippen molar-refractivity contribution < 1.29 is 14.6 Å². The number of rotatable bonds is 5. The molecular formula is C18H22O3. The maximum Gasteiger partial charge on any atom is 0.161 e. The monoisotopic (exact) mass is 286 g/mol.